The van der Waals surface area contributed by atoms with Gasteiger partial charge in [-0.3, -0.25) is 14.5 Å². The number of ketones is 1. The van der Waals surface area contributed by atoms with E-state index in [9.17, 15) is 14.7 Å². The summed E-state index contributed by atoms with van der Waals surface area (Å²) in [5.74, 6) is -0.868. The topological polar surface area (TPSA) is 89.0 Å². The number of Topliss-reactive ketones (excluding diaryl/α,β-unsaturated/α-hetero) is 1. The average Bonchev–Trinajstić information content (AvgIpc) is 3.41. The second-order valence-corrected chi connectivity index (χ2v) is 9.12. The zero-order chi connectivity index (χ0) is 24.7. The molecule has 0 bridgehead atoms. The van der Waals surface area contributed by atoms with E-state index in [0.717, 1.165) is 15.8 Å². The largest absolute Gasteiger partial charge is 0.507 e. The van der Waals surface area contributed by atoms with E-state index in [4.69, 9.17) is 9.47 Å². The number of ether oxygens (including phenoxy) is 2. The highest BCUT2D eigenvalue weighted by Gasteiger charge is 2.49. The van der Waals surface area contributed by atoms with Crippen LogP contribution in [0.3, 0.4) is 0 Å². The molecular formula is C27H22N2O5S. The number of aliphatic hydroxyl groups excluding tert-OH is 1. The zero-order valence-electron chi connectivity index (χ0n) is 19.3. The molecule has 8 heteroatoms. The molecule has 1 amide bonds. The first-order valence-electron chi connectivity index (χ1n) is 10.9. The third-order valence-corrected chi connectivity index (χ3v) is 6.98. The number of benzene rings is 3. The Bertz CT molecular complexity index is 1490. The number of carbonyl (C=O) groups excluding carboxylic acids is 2. The lowest BCUT2D eigenvalue weighted by Gasteiger charge is -2.25. The maximum Gasteiger partial charge on any atom is 0.301 e. The van der Waals surface area contributed by atoms with Gasteiger partial charge in [0.1, 0.15) is 23.3 Å². The molecule has 0 radical (unpaired) electrons. The number of anilines is 1. The molecule has 3 aromatic carbocycles. The lowest BCUT2D eigenvalue weighted by atomic mass is 9.94. The number of aliphatic hydroxyl groups is 1. The molecule has 1 aliphatic heterocycles. The smallest absolute Gasteiger partial charge is 0.301 e. The number of rotatable bonds is 5. The van der Waals surface area contributed by atoms with Crippen LogP contribution in [0.1, 0.15) is 22.7 Å². The fraction of sp³-hybridized carbons (Fsp3) is 0.148. The molecule has 35 heavy (non-hydrogen) atoms. The molecule has 5 rings (SSSR count). The van der Waals surface area contributed by atoms with Crippen LogP contribution in [0.25, 0.3) is 16.0 Å². The Hall–Kier alpha value is -4.17. The van der Waals surface area contributed by atoms with Gasteiger partial charge in [-0.15, -0.1) is 0 Å². The summed E-state index contributed by atoms with van der Waals surface area (Å²) in [7, 11) is 3.04. The van der Waals surface area contributed by atoms with Crippen molar-refractivity contribution in [2.75, 3.05) is 19.1 Å². The molecule has 176 valence electrons. The minimum atomic E-state index is -0.970. The Balaban J connectivity index is 1.79. The number of thiazole rings is 1. The lowest BCUT2D eigenvalue weighted by molar-refractivity contribution is -0.132. The first-order chi connectivity index (χ1) is 16.9. The van der Waals surface area contributed by atoms with Crippen LogP contribution in [-0.4, -0.2) is 36.0 Å². The van der Waals surface area contributed by atoms with Gasteiger partial charge >= 0.3 is 5.91 Å². The predicted molar refractivity (Wildman–Crippen MR) is 135 cm³/mol. The lowest BCUT2D eigenvalue weighted by Crippen LogP contribution is -2.29. The quantitative estimate of drug-likeness (QED) is 0.236. The molecule has 0 aliphatic carbocycles. The summed E-state index contributed by atoms with van der Waals surface area (Å²) in [6.07, 6.45) is 0. The Morgan fingerprint density at radius 1 is 1.00 bits per heavy atom. The molecule has 1 aromatic heterocycles. The first-order valence-corrected chi connectivity index (χ1v) is 11.7. The highest BCUT2D eigenvalue weighted by molar-refractivity contribution is 7.22. The van der Waals surface area contributed by atoms with Crippen LogP contribution in [0.4, 0.5) is 5.13 Å². The summed E-state index contributed by atoms with van der Waals surface area (Å²) in [5.41, 5.74) is 2.67. The molecule has 1 saturated heterocycles. The van der Waals surface area contributed by atoms with Gasteiger partial charge in [-0.1, -0.05) is 47.7 Å². The zero-order valence-corrected chi connectivity index (χ0v) is 20.1. The van der Waals surface area contributed by atoms with Gasteiger partial charge in [0.15, 0.2) is 5.13 Å². The number of fused-ring (bicyclic) bond motifs is 1. The van der Waals surface area contributed by atoms with Gasteiger partial charge in [0.2, 0.25) is 0 Å². The van der Waals surface area contributed by atoms with E-state index < -0.39 is 17.7 Å². The molecular weight excluding hydrogens is 464 g/mol. The van der Waals surface area contributed by atoms with E-state index in [2.05, 4.69) is 4.98 Å². The highest BCUT2D eigenvalue weighted by atomic mass is 32.1. The molecule has 2 heterocycles. The van der Waals surface area contributed by atoms with Crippen molar-refractivity contribution < 1.29 is 24.2 Å². The van der Waals surface area contributed by atoms with Crippen LogP contribution in [0.15, 0.2) is 72.3 Å². The third-order valence-electron chi connectivity index (χ3n) is 5.96. The Kier molecular flexibility index (Phi) is 5.74. The Labute approximate surface area is 205 Å². The molecule has 1 N–H and O–H groups in total. The summed E-state index contributed by atoms with van der Waals surface area (Å²) >= 11 is 1.31. The SMILES string of the molecule is COc1ccc(OC)c(C2/C(=C(\O)c3ccccc3)C(=O)C(=O)N2c2nc3ccc(C)cc3s2)c1. The van der Waals surface area contributed by atoms with Gasteiger partial charge in [-0.05, 0) is 42.8 Å². The summed E-state index contributed by atoms with van der Waals surface area (Å²) < 4.78 is 11.9. The van der Waals surface area contributed by atoms with Gasteiger partial charge in [0.25, 0.3) is 5.78 Å². The summed E-state index contributed by atoms with van der Waals surface area (Å²) in [5, 5.41) is 11.6. The van der Waals surface area contributed by atoms with Gasteiger partial charge in [0.05, 0.1) is 30.0 Å². The average molecular weight is 487 g/mol. The Morgan fingerprint density at radius 2 is 1.77 bits per heavy atom. The van der Waals surface area contributed by atoms with E-state index >= 15 is 0 Å². The molecule has 1 aliphatic rings. The summed E-state index contributed by atoms with van der Waals surface area (Å²) in [6.45, 7) is 1.98. The van der Waals surface area contributed by atoms with E-state index in [1.54, 1.807) is 48.5 Å². The number of methoxy groups -OCH3 is 2. The molecule has 1 atom stereocenters. The summed E-state index contributed by atoms with van der Waals surface area (Å²) in [4.78, 5) is 32.9. The highest BCUT2D eigenvalue weighted by Crippen LogP contribution is 2.47. The molecule has 1 unspecified atom stereocenters. The van der Waals surface area contributed by atoms with Crippen LogP contribution in [0.5, 0.6) is 11.5 Å². The van der Waals surface area contributed by atoms with Crippen LogP contribution in [0.2, 0.25) is 0 Å². The number of carbonyl (C=O) groups is 2. The van der Waals surface area contributed by atoms with E-state index in [1.165, 1.54) is 30.5 Å². The maximum absolute atomic E-state index is 13.5. The molecule has 0 spiro atoms. The van der Waals surface area contributed by atoms with E-state index in [0.29, 0.717) is 27.8 Å². The van der Waals surface area contributed by atoms with Crippen LogP contribution >= 0.6 is 11.3 Å². The van der Waals surface area contributed by atoms with Crippen molar-refractivity contribution in [1.29, 1.82) is 0 Å². The number of amides is 1. The molecule has 7 nitrogen and oxygen atoms in total. The van der Waals surface area contributed by atoms with Crippen molar-refractivity contribution in [2.24, 2.45) is 0 Å². The maximum atomic E-state index is 13.5. The molecule has 4 aromatic rings. The van der Waals surface area contributed by atoms with Crippen molar-refractivity contribution in [3.05, 3.63) is 89.0 Å². The monoisotopic (exact) mass is 486 g/mol. The van der Waals surface area contributed by atoms with Crippen molar-refractivity contribution >= 4 is 44.1 Å². The number of hydrogen-bond donors (Lipinski definition) is 1. The van der Waals surface area contributed by atoms with Gasteiger partial charge < -0.3 is 14.6 Å². The van der Waals surface area contributed by atoms with E-state index in [-0.39, 0.29) is 11.3 Å². The van der Waals surface area contributed by atoms with Crippen molar-refractivity contribution in [2.45, 2.75) is 13.0 Å². The summed E-state index contributed by atoms with van der Waals surface area (Å²) in [6, 6.07) is 18.7. The standard InChI is InChI=1S/C27H22N2O5S/c1-15-9-11-19-21(13-15)35-27(28-19)29-23(18-14-17(33-2)10-12-20(18)34-3)22(25(31)26(29)32)24(30)16-7-5-4-6-8-16/h4-14,23,30H,1-3H3/b24-22+. The molecule has 0 saturated carbocycles. The van der Waals surface area contributed by atoms with Crippen molar-refractivity contribution in [3.8, 4) is 11.5 Å². The predicted octanol–water partition coefficient (Wildman–Crippen LogP) is 5.25. The van der Waals surface area contributed by atoms with Crippen molar-refractivity contribution in [1.82, 2.24) is 4.98 Å². The Morgan fingerprint density at radius 3 is 2.49 bits per heavy atom. The fourth-order valence-corrected chi connectivity index (χ4v) is 5.34. The number of aryl methyl sites for hydroxylation is 1. The minimum absolute atomic E-state index is 0.0387. The fourth-order valence-electron chi connectivity index (χ4n) is 4.25. The van der Waals surface area contributed by atoms with Gasteiger partial charge in [-0.2, -0.15) is 0 Å². The second kappa shape index (κ2) is 8.88. The van der Waals surface area contributed by atoms with Crippen LogP contribution in [0, 0.1) is 6.92 Å². The minimum Gasteiger partial charge on any atom is -0.507 e. The van der Waals surface area contributed by atoms with Crippen molar-refractivity contribution in [3.63, 3.8) is 0 Å². The van der Waals surface area contributed by atoms with Crippen LogP contribution < -0.4 is 14.4 Å². The van der Waals surface area contributed by atoms with Gasteiger partial charge in [-0.25, -0.2) is 4.98 Å². The first kappa shape index (κ1) is 22.6. The number of nitrogens with zero attached hydrogens (tertiary/aromatic N) is 2. The van der Waals surface area contributed by atoms with E-state index in [1.807, 2.05) is 25.1 Å². The van der Waals surface area contributed by atoms with Crippen LogP contribution in [-0.2, 0) is 9.59 Å². The third kappa shape index (κ3) is 3.81. The molecule has 1 fully saturated rings. The normalized spacial score (nSPS) is 17.2. The number of aromatic nitrogens is 1. The van der Waals surface area contributed by atoms with Gasteiger partial charge in [0, 0.05) is 11.1 Å². The number of hydrogen-bond acceptors (Lipinski definition) is 7. The second-order valence-electron chi connectivity index (χ2n) is 8.11.